The molecule has 1 aromatic rings. The van der Waals surface area contributed by atoms with Gasteiger partial charge in [0, 0.05) is 12.0 Å². The topological polar surface area (TPSA) is 21.3 Å². The van der Waals surface area contributed by atoms with Gasteiger partial charge in [-0.1, -0.05) is 53.7 Å². The Hall–Kier alpha value is -1.02. The lowest BCUT2D eigenvalue weighted by Gasteiger charge is -2.26. The summed E-state index contributed by atoms with van der Waals surface area (Å²) in [5, 5.41) is 3.47. The van der Waals surface area contributed by atoms with E-state index in [-0.39, 0.29) is 10.8 Å². The summed E-state index contributed by atoms with van der Waals surface area (Å²) in [5.74, 6) is 0.967. The molecule has 0 bridgehead atoms. The largest absolute Gasteiger partial charge is 0.493 e. The lowest BCUT2D eigenvalue weighted by Crippen LogP contribution is -2.34. The van der Waals surface area contributed by atoms with Crippen LogP contribution in [0.3, 0.4) is 0 Å². The first kappa shape index (κ1) is 18.0. The van der Waals surface area contributed by atoms with Gasteiger partial charge in [-0.2, -0.15) is 0 Å². The first-order valence-corrected chi connectivity index (χ1v) is 8.25. The highest BCUT2D eigenvalue weighted by Gasteiger charge is 2.20. The second kappa shape index (κ2) is 7.84. The van der Waals surface area contributed by atoms with Crippen molar-refractivity contribution in [3.8, 4) is 5.75 Å². The smallest absolute Gasteiger partial charge is 0.119 e. The van der Waals surface area contributed by atoms with Crippen LogP contribution in [-0.4, -0.2) is 19.7 Å². The number of hydrogen-bond donors (Lipinski definition) is 1. The molecule has 0 radical (unpaired) electrons. The third kappa shape index (κ3) is 6.09. The van der Waals surface area contributed by atoms with Crippen molar-refractivity contribution in [2.75, 3.05) is 19.7 Å². The van der Waals surface area contributed by atoms with Crippen molar-refractivity contribution in [1.82, 2.24) is 5.32 Å². The molecular weight excluding hydrogens is 258 g/mol. The van der Waals surface area contributed by atoms with E-state index in [9.17, 15) is 0 Å². The van der Waals surface area contributed by atoms with Crippen molar-refractivity contribution in [2.45, 2.75) is 59.8 Å². The first-order valence-electron chi connectivity index (χ1n) is 8.25. The van der Waals surface area contributed by atoms with Crippen LogP contribution in [-0.2, 0) is 5.41 Å². The fraction of sp³-hybridized carbons (Fsp3) is 0.684. The first-order chi connectivity index (χ1) is 9.80. The number of nitrogens with one attached hydrogen (secondary N) is 1. The van der Waals surface area contributed by atoms with Crippen LogP contribution < -0.4 is 10.1 Å². The van der Waals surface area contributed by atoms with Gasteiger partial charge < -0.3 is 10.1 Å². The van der Waals surface area contributed by atoms with Gasteiger partial charge in [-0.3, -0.25) is 0 Å². The molecule has 1 aromatic carbocycles. The summed E-state index contributed by atoms with van der Waals surface area (Å²) in [6, 6.07) is 8.59. The third-order valence-corrected chi connectivity index (χ3v) is 4.18. The Kier molecular flexibility index (Phi) is 6.73. The molecule has 0 amide bonds. The van der Waals surface area contributed by atoms with Crippen molar-refractivity contribution in [3.05, 3.63) is 29.8 Å². The molecule has 0 aliphatic carbocycles. The zero-order chi connectivity index (χ0) is 15.9. The van der Waals surface area contributed by atoms with Crippen LogP contribution in [0.4, 0.5) is 0 Å². The molecule has 0 unspecified atom stereocenters. The molecule has 0 aliphatic rings. The van der Waals surface area contributed by atoms with Gasteiger partial charge in [0.1, 0.15) is 5.75 Å². The Labute approximate surface area is 131 Å². The Morgan fingerprint density at radius 3 is 2.14 bits per heavy atom. The van der Waals surface area contributed by atoms with Gasteiger partial charge in [-0.05, 0) is 42.5 Å². The molecule has 2 heteroatoms. The van der Waals surface area contributed by atoms with Crippen LogP contribution >= 0.6 is 0 Å². The van der Waals surface area contributed by atoms with E-state index in [1.54, 1.807) is 0 Å². The SMILES string of the molecule is CCCNCC(C)(C)COc1ccc(C(C)(C)CC)cc1. The molecule has 0 aromatic heterocycles. The van der Waals surface area contributed by atoms with Gasteiger partial charge >= 0.3 is 0 Å². The molecule has 0 saturated heterocycles. The van der Waals surface area contributed by atoms with Crippen molar-refractivity contribution in [3.63, 3.8) is 0 Å². The second-order valence-electron chi connectivity index (χ2n) is 7.39. The molecule has 0 fully saturated rings. The fourth-order valence-electron chi connectivity index (χ4n) is 2.14. The average Bonchev–Trinajstić information content (AvgIpc) is 2.46. The van der Waals surface area contributed by atoms with Gasteiger partial charge in [0.15, 0.2) is 0 Å². The fourth-order valence-corrected chi connectivity index (χ4v) is 2.14. The zero-order valence-corrected chi connectivity index (χ0v) is 14.8. The molecule has 0 spiro atoms. The van der Waals surface area contributed by atoms with Crippen molar-refractivity contribution in [1.29, 1.82) is 0 Å². The summed E-state index contributed by atoms with van der Waals surface area (Å²) >= 11 is 0. The van der Waals surface area contributed by atoms with E-state index < -0.39 is 0 Å². The molecule has 0 aliphatic heterocycles. The normalized spacial score (nSPS) is 12.5. The Morgan fingerprint density at radius 2 is 1.62 bits per heavy atom. The predicted octanol–water partition coefficient (Wildman–Crippen LogP) is 4.78. The molecule has 0 atom stereocenters. The Bertz CT molecular complexity index is 406. The second-order valence-corrected chi connectivity index (χ2v) is 7.39. The summed E-state index contributed by atoms with van der Waals surface area (Å²) in [7, 11) is 0. The number of rotatable bonds is 9. The molecular formula is C19H33NO. The highest BCUT2D eigenvalue weighted by atomic mass is 16.5. The minimum absolute atomic E-state index is 0.149. The molecule has 120 valence electrons. The number of hydrogen-bond acceptors (Lipinski definition) is 2. The Morgan fingerprint density at radius 1 is 1.00 bits per heavy atom. The van der Waals surface area contributed by atoms with Crippen LogP contribution in [0.25, 0.3) is 0 Å². The van der Waals surface area contributed by atoms with E-state index >= 15 is 0 Å². The Balaban J connectivity index is 2.52. The van der Waals surface area contributed by atoms with Crippen LogP contribution in [0.2, 0.25) is 0 Å². The van der Waals surface area contributed by atoms with E-state index in [1.807, 2.05) is 0 Å². The minimum Gasteiger partial charge on any atom is -0.493 e. The summed E-state index contributed by atoms with van der Waals surface area (Å²) in [5.41, 5.74) is 1.76. The number of ether oxygens (including phenoxy) is 1. The van der Waals surface area contributed by atoms with E-state index in [4.69, 9.17) is 4.74 Å². The van der Waals surface area contributed by atoms with E-state index in [0.29, 0.717) is 0 Å². The van der Waals surface area contributed by atoms with Crippen LogP contribution in [0.15, 0.2) is 24.3 Å². The molecule has 21 heavy (non-hydrogen) atoms. The highest BCUT2D eigenvalue weighted by molar-refractivity contribution is 5.31. The van der Waals surface area contributed by atoms with Crippen molar-refractivity contribution < 1.29 is 4.74 Å². The van der Waals surface area contributed by atoms with Gasteiger partial charge in [-0.15, -0.1) is 0 Å². The summed E-state index contributed by atoms with van der Waals surface area (Å²) in [6.07, 6.45) is 2.31. The van der Waals surface area contributed by atoms with Gasteiger partial charge in [0.25, 0.3) is 0 Å². The molecule has 0 saturated carbocycles. The molecule has 2 nitrogen and oxygen atoms in total. The zero-order valence-electron chi connectivity index (χ0n) is 14.8. The summed E-state index contributed by atoms with van der Waals surface area (Å²) in [6.45, 7) is 16.3. The quantitative estimate of drug-likeness (QED) is 0.661. The maximum atomic E-state index is 5.96. The maximum absolute atomic E-state index is 5.96. The van der Waals surface area contributed by atoms with E-state index in [2.05, 4.69) is 71.1 Å². The van der Waals surface area contributed by atoms with Crippen molar-refractivity contribution >= 4 is 0 Å². The van der Waals surface area contributed by atoms with Crippen molar-refractivity contribution in [2.24, 2.45) is 5.41 Å². The third-order valence-electron chi connectivity index (χ3n) is 4.18. The summed E-state index contributed by atoms with van der Waals surface area (Å²) < 4.78 is 5.96. The predicted molar refractivity (Wildman–Crippen MR) is 92.2 cm³/mol. The lowest BCUT2D eigenvalue weighted by atomic mass is 9.82. The van der Waals surface area contributed by atoms with Crippen LogP contribution in [0.5, 0.6) is 5.75 Å². The highest BCUT2D eigenvalue weighted by Crippen LogP contribution is 2.28. The number of benzene rings is 1. The van der Waals surface area contributed by atoms with E-state index in [1.165, 1.54) is 12.0 Å². The minimum atomic E-state index is 0.149. The summed E-state index contributed by atoms with van der Waals surface area (Å²) in [4.78, 5) is 0. The lowest BCUT2D eigenvalue weighted by molar-refractivity contribution is 0.176. The van der Waals surface area contributed by atoms with E-state index in [0.717, 1.165) is 31.9 Å². The standard InChI is InChI=1S/C19H33NO/c1-7-13-20-14-18(3,4)15-21-17-11-9-16(10-12-17)19(5,6)8-2/h9-12,20H,7-8,13-15H2,1-6H3. The van der Waals surface area contributed by atoms with Gasteiger partial charge in [-0.25, -0.2) is 0 Å². The van der Waals surface area contributed by atoms with Gasteiger partial charge in [0.05, 0.1) is 6.61 Å². The molecule has 1 N–H and O–H groups in total. The maximum Gasteiger partial charge on any atom is 0.119 e. The van der Waals surface area contributed by atoms with Crippen LogP contribution in [0, 0.1) is 5.41 Å². The molecule has 1 rings (SSSR count). The average molecular weight is 291 g/mol. The molecule has 0 heterocycles. The van der Waals surface area contributed by atoms with Gasteiger partial charge in [0.2, 0.25) is 0 Å². The van der Waals surface area contributed by atoms with Crippen LogP contribution in [0.1, 0.15) is 59.9 Å². The monoisotopic (exact) mass is 291 g/mol.